The number of fused-ring (bicyclic) bond motifs is 1. The van der Waals surface area contributed by atoms with E-state index < -0.39 is 6.36 Å². The van der Waals surface area contributed by atoms with Gasteiger partial charge < -0.3 is 9.64 Å². The Morgan fingerprint density at radius 1 is 0.786 bits per heavy atom. The predicted octanol–water partition coefficient (Wildman–Crippen LogP) is 4.71. The third-order valence-corrected chi connectivity index (χ3v) is 5.65. The van der Waals surface area contributed by atoms with Crippen LogP contribution in [0.5, 0.6) is 5.75 Å². The first-order chi connectivity index (χ1) is 13.5. The lowest BCUT2D eigenvalue weighted by molar-refractivity contribution is -0.274. The van der Waals surface area contributed by atoms with Crippen LogP contribution in [0.25, 0.3) is 11.1 Å². The highest BCUT2D eigenvalue weighted by Crippen LogP contribution is 2.29. The van der Waals surface area contributed by atoms with Crippen LogP contribution in [-0.2, 0) is 13.0 Å². The number of rotatable bonds is 5. The van der Waals surface area contributed by atoms with Gasteiger partial charge in [-0.15, -0.1) is 13.2 Å². The third-order valence-electron chi connectivity index (χ3n) is 5.65. The fourth-order valence-corrected chi connectivity index (χ4v) is 4.12. The van der Waals surface area contributed by atoms with Gasteiger partial charge in [-0.2, -0.15) is 0 Å². The summed E-state index contributed by atoms with van der Waals surface area (Å²) in [4.78, 5) is 5.06. The van der Waals surface area contributed by atoms with Gasteiger partial charge >= 0.3 is 6.36 Å². The number of likely N-dealkylation sites (tertiary alicyclic amines) is 1. The molecule has 6 heteroatoms. The van der Waals surface area contributed by atoms with Gasteiger partial charge in [0.2, 0.25) is 0 Å². The molecule has 2 aromatic carbocycles. The largest absolute Gasteiger partial charge is 0.573 e. The third kappa shape index (κ3) is 4.86. The molecule has 150 valence electrons. The average molecular weight is 390 g/mol. The lowest BCUT2D eigenvalue weighted by Crippen LogP contribution is -2.37. The minimum Gasteiger partial charge on any atom is -0.406 e. The van der Waals surface area contributed by atoms with Crippen molar-refractivity contribution in [3.05, 3.63) is 53.6 Å². The van der Waals surface area contributed by atoms with Gasteiger partial charge in [0.1, 0.15) is 5.75 Å². The van der Waals surface area contributed by atoms with Crippen LogP contribution in [0.15, 0.2) is 42.5 Å². The standard InChI is InChI=1S/C22H25F3N2O/c23-22(24,25)28-21-7-5-17(6-8-21)18-3-4-20-16-27(12-9-19(20)15-18)14-13-26-10-1-2-11-26/h3-8,15H,1-2,9-14,16H2. The SMILES string of the molecule is FC(F)(F)Oc1ccc(-c2ccc3c(c2)CCN(CCN2CCCC2)C3)cc1. The fourth-order valence-electron chi connectivity index (χ4n) is 4.12. The van der Waals surface area contributed by atoms with Crippen LogP contribution in [0.1, 0.15) is 24.0 Å². The van der Waals surface area contributed by atoms with E-state index in [0.29, 0.717) is 0 Å². The van der Waals surface area contributed by atoms with Gasteiger partial charge in [-0.3, -0.25) is 4.90 Å². The summed E-state index contributed by atoms with van der Waals surface area (Å²) < 4.78 is 40.8. The van der Waals surface area contributed by atoms with Crippen LogP contribution in [0.4, 0.5) is 13.2 Å². The van der Waals surface area contributed by atoms with Crippen molar-refractivity contribution in [3.8, 4) is 16.9 Å². The Hall–Kier alpha value is -2.05. The van der Waals surface area contributed by atoms with Crippen LogP contribution in [0, 0.1) is 0 Å². The maximum atomic E-state index is 12.3. The first kappa shape index (κ1) is 19.3. The van der Waals surface area contributed by atoms with E-state index in [1.807, 2.05) is 0 Å². The lowest BCUT2D eigenvalue weighted by Gasteiger charge is -2.30. The molecule has 0 amide bonds. The fraction of sp³-hybridized carbons (Fsp3) is 0.455. The van der Waals surface area contributed by atoms with Crippen molar-refractivity contribution >= 4 is 0 Å². The summed E-state index contributed by atoms with van der Waals surface area (Å²) in [5.74, 6) is -0.192. The molecular weight excluding hydrogens is 365 g/mol. The monoisotopic (exact) mass is 390 g/mol. The van der Waals surface area contributed by atoms with Gasteiger partial charge in [-0.05, 0) is 66.7 Å². The van der Waals surface area contributed by atoms with Gasteiger partial charge in [0.05, 0.1) is 0 Å². The molecular formula is C22H25F3N2O. The van der Waals surface area contributed by atoms with Gasteiger partial charge in [-0.25, -0.2) is 0 Å². The van der Waals surface area contributed by atoms with Crippen LogP contribution >= 0.6 is 0 Å². The zero-order valence-corrected chi connectivity index (χ0v) is 15.8. The van der Waals surface area contributed by atoms with E-state index in [4.69, 9.17) is 0 Å². The quantitative estimate of drug-likeness (QED) is 0.736. The van der Waals surface area contributed by atoms with E-state index in [1.54, 1.807) is 12.1 Å². The summed E-state index contributed by atoms with van der Waals surface area (Å²) in [5.41, 5.74) is 4.62. The minimum absolute atomic E-state index is 0.192. The topological polar surface area (TPSA) is 15.7 Å². The molecule has 2 aliphatic rings. The van der Waals surface area contributed by atoms with Crippen molar-refractivity contribution in [1.82, 2.24) is 9.80 Å². The van der Waals surface area contributed by atoms with E-state index in [0.717, 1.165) is 43.7 Å². The number of hydrogen-bond acceptors (Lipinski definition) is 3. The number of benzene rings is 2. The Bertz CT molecular complexity index is 798. The van der Waals surface area contributed by atoms with Crippen molar-refractivity contribution < 1.29 is 17.9 Å². The van der Waals surface area contributed by atoms with Gasteiger partial charge in [0.25, 0.3) is 0 Å². The van der Waals surface area contributed by atoms with E-state index in [2.05, 4.69) is 32.7 Å². The van der Waals surface area contributed by atoms with Crippen LogP contribution in [0.2, 0.25) is 0 Å². The second kappa shape index (κ2) is 8.13. The Balaban J connectivity index is 1.39. The number of ether oxygens (including phenoxy) is 1. The van der Waals surface area contributed by atoms with Gasteiger partial charge in [0.15, 0.2) is 0 Å². The summed E-state index contributed by atoms with van der Waals surface area (Å²) in [6.07, 6.45) is -0.990. The summed E-state index contributed by atoms with van der Waals surface area (Å²) in [6, 6.07) is 12.5. The van der Waals surface area contributed by atoms with Crippen LogP contribution in [-0.4, -0.2) is 48.9 Å². The van der Waals surface area contributed by atoms with E-state index in [9.17, 15) is 13.2 Å². The molecule has 1 saturated heterocycles. The first-order valence-corrected chi connectivity index (χ1v) is 9.89. The van der Waals surface area contributed by atoms with Crippen molar-refractivity contribution in [2.45, 2.75) is 32.2 Å². The molecule has 0 radical (unpaired) electrons. The number of alkyl halides is 3. The molecule has 0 bridgehead atoms. The van der Waals surface area contributed by atoms with Gasteiger partial charge in [-0.1, -0.05) is 30.3 Å². The molecule has 2 heterocycles. The normalized spacial score (nSPS) is 18.2. The molecule has 0 unspecified atom stereocenters. The van der Waals surface area contributed by atoms with Crippen molar-refractivity contribution in [3.63, 3.8) is 0 Å². The second-order valence-electron chi connectivity index (χ2n) is 7.63. The van der Waals surface area contributed by atoms with Crippen LogP contribution < -0.4 is 4.74 Å². The second-order valence-corrected chi connectivity index (χ2v) is 7.63. The molecule has 4 rings (SSSR count). The number of halogens is 3. The maximum Gasteiger partial charge on any atom is 0.573 e. The molecule has 0 aliphatic carbocycles. The highest BCUT2D eigenvalue weighted by molar-refractivity contribution is 5.65. The van der Waals surface area contributed by atoms with Crippen molar-refractivity contribution in [2.75, 3.05) is 32.7 Å². The van der Waals surface area contributed by atoms with Crippen LogP contribution in [0.3, 0.4) is 0 Å². The Kier molecular flexibility index (Phi) is 5.60. The molecule has 0 N–H and O–H groups in total. The molecule has 28 heavy (non-hydrogen) atoms. The highest BCUT2D eigenvalue weighted by atomic mass is 19.4. The van der Waals surface area contributed by atoms with Crippen molar-refractivity contribution in [1.29, 1.82) is 0 Å². The lowest BCUT2D eigenvalue weighted by atomic mass is 9.94. The molecule has 0 spiro atoms. The minimum atomic E-state index is -4.66. The zero-order chi connectivity index (χ0) is 19.6. The molecule has 2 aromatic rings. The Morgan fingerprint density at radius 2 is 1.46 bits per heavy atom. The van der Waals surface area contributed by atoms with E-state index in [1.165, 1.54) is 49.2 Å². The summed E-state index contributed by atoms with van der Waals surface area (Å²) in [5, 5.41) is 0. The molecule has 0 aromatic heterocycles. The molecule has 3 nitrogen and oxygen atoms in total. The summed E-state index contributed by atoms with van der Waals surface area (Å²) in [7, 11) is 0. The Labute approximate surface area is 163 Å². The first-order valence-electron chi connectivity index (χ1n) is 9.89. The Morgan fingerprint density at radius 3 is 2.18 bits per heavy atom. The van der Waals surface area contributed by atoms with E-state index >= 15 is 0 Å². The van der Waals surface area contributed by atoms with Gasteiger partial charge in [0, 0.05) is 26.2 Å². The molecule has 0 saturated carbocycles. The smallest absolute Gasteiger partial charge is 0.406 e. The maximum absolute atomic E-state index is 12.3. The molecule has 1 fully saturated rings. The number of nitrogens with zero attached hydrogens (tertiary/aromatic N) is 2. The molecule has 2 aliphatic heterocycles. The molecule has 0 atom stereocenters. The predicted molar refractivity (Wildman–Crippen MR) is 103 cm³/mol. The van der Waals surface area contributed by atoms with E-state index in [-0.39, 0.29) is 5.75 Å². The number of hydrogen-bond donors (Lipinski definition) is 0. The summed E-state index contributed by atoms with van der Waals surface area (Å²) >= 11 is 0. The summed E-state index contributed by atoms with van der Waals surface area (Å²) in [6.45, 7) is 6.77. The zero-order valence-electron chi connectivity index (χ0n) is 15.8. The average Bonchev–Trinajstić information content (AvgIpc) is 3.19. The highest BCUT2D eigenvalue weighted by Gasteiger charge is 2.31. The van der Waals surface area contributed by atoms with Crippen molar-refractivity contribution in [2.24, 2.45) is 0 Å².